The van der Waals surface area contributed by atoms with Crippen molar-refractivity contribution < 1.29 is 4.74 Å². The third-order valence-electron chi connectivity index (χ3n) is 1.05. The van der Waals surface area contributed by atoms with Crippen molar-refractivity contribution in [3.8, 4) is 6.07 Å². The van der Waals surface area contributed by atoms with E-state index in [0.717, 1.165) is 26.2 Å². The van der Waals surface area contributed by atoms with E-state index in [0.29, 0.717) is 6.54 Å². The number of nitriles is 1. The summed E-state index contributed by atoms with van der Waals surface area (Å²) in [5.74, 6) is 0. The molecule has 10 heavy (non-hydrogen) atoms. The third-order valence-corrected chi connectivity index (χ3v) is 1.05. The maximum absolute atomic E-state index is 8.13. The van der Waals surface area contributed by atoms with Crippen LogP contribution >= 0.6 is 0 Å². The molecule has 0 fully saturated rings. The molecule has 0 atom stereocenters. The smallest absolute Gasteiger partial charge is 0.0840 e. The van der Waals surface area contributed by atoms with Crippen LogP contribution in [0.3, 0.4) is 0 Å². The highest BCUT2D eigenvalue weighted by Crippen LogP contribution is 1.78. The second-order valence-corrected chi connectivity index (χ2v) is 1.89. The van der Waals surface area contributed by atoms with Crippen LogP contribution in [0, 0.1) is 11.3 Å². The van der Waals surface area contributed by atoms with Crippen LogP contribution in [0.1, 0.15) is 13.3 Å². The van der Waals surface area contributed by atoms with Crippen molar-refractivity contribution >= 4 is 0 Å². The first-order chi connectivity index (χ1) is 4.91. The molecule has 58 valence electrons. The minimum absolute atomic E-state index is 0.437. The molecule has 0 spiro atoms. The van der Waals surface area contributed by atoms with E-state index in [9.17, 15) is 0 Å². The van der Waals surface area contributed by atoms with Crippen molar-refractivity contribution in [2.24, 2.45) is 0 Å². The van der Waals surface area contributed by atoms with Crippen LogP contribution < -0.4 is 5.32 Å². The van der Waals surface area contributed by atoms with Crippen molar-refractivity contribution in [1.82, 2.24) is 5.32 Å². The van der Waals surface area contributed by atoms with Gasteiger partial charge >= 0.3 is 0 Å². The molecule has 3 nitrogen and oxygen atoms in total. The summed E-state index contributed by atoms with van der Waals surface area (Å²) in [5.41, 5.74) is 0. The number of nitrogens with one attached hydrogen (secondary N) is 1. The summed E-state index contributed by atoms with van der Waals surface area (Å²) in [7, 11) is 0. The molecule has 0 aliphatic heterocycles. The van der Waals surface area contributed by atoms with Gasteiger partial charge in [-0.15, -0.1) is 0 Å². The molecule has 0 aromatic heterocycles. The zero-order valence-electron chi connectivity index (χ0n) is 6.39. The minimum atomic E-state index is 0.437. The van der Waals surface area contributed by atoms with Crippen molar-refractivity contribution in [2.75, 3.05) is 26.3 Å². The Morgan fingerprint density at radius 3 is 3.00 bits per heavy atom. The number of hydrogen-bond acceptors (Lipinski definition) is 3. The SMILES string of the molecule is CCOCCCNCC#N. The first kappa shape index (κ1) is 9.41. The summed E-state index contributed by atoms with van der Waals surface area (Å²) in [5, 5.41) is 11.1. The Morgan fingerprint density at radius 2 is 2.40 bits per heavy atom. The molecule has 0 aromatic rings. The fourth-order valence-electron chi connectivity index (χ4n) is 0.588. The van der Waals surface area contributed by atoms with Crippen molar-refractivity contribution in [3.63, 3.8) is 0 Å². The molecule has 0 aliphatic carbocycles. The van der Waals surface area contributed by atoms with Crippen molar-refractivity contribution in [3.05, 3.63) is 0 Å². The van der Waals surface area contributed by atoms with Crippen LogP contribution in [0.5, 0.6) is 0 Å². The molecule has 0 saturated heterocycles. The number of nitrogens with zero attached hydrogens (tertiary/aromatic N) is 1. The summed E-state index contributed by atoms with van der Waals surface area (Å²) < 4.78 is 5.09. The Bertz CT molecular complexity index is 98.3. The van der Waals surface area contributed by atoms with Crippen LogP contribution in [0.15, 0.2) is 0 Å². The zero-order valence-corrected chi connectivity index (χ0v) is 6.39. The average Bonchev–Trinajstić information content (AvgIpc) is 1.97. The van der Waals surface area contributed by atoms with Crippen LogP contribution in [-0.2, 0) is 4.74 Å². The molecule has 0 unspecified atom stereocenters. The predicted molar refractivity (Wildman–Crippen MR) is 39.6 cm³/mol. The van der Waals surface area contributed by atoms with Gasteiger partial charge in [0.2, 0.25) is 0 Å². The normalized spacial score (nSPS) is 9.20. The molecule has 3 heteroatoms. The lowest BCUT2D eigenvalue weighted by molar-refractivity contribution is 0.145. The summed E-state index contributed by atoms with van der Waals surface area (Å²) in [4.78, 5) is 0. The highest BCUT2D eigenvalue weighted by Gasteiger charge is 1.85. The van der Waals surface area contributed by atoms with Gasteiger partial charge in [0.1, 0.15) is 0 Å². The zero-order chi connectivity index (χ0) is 7.66. The molecule has 0 amide bonds. The molecule has 0 saturated carbocycles. The third kappa shape index (κ3) is 7.41. The van der Waals surface area contributed by atoms with Gasteiger partial charge in [-0.2, -0.15) is 5.26 Å². The molecule has 0 heterocycles. The number of ether oxygens (including phenoxy) is 1. The summed E-state index contributed by atoms with van der Waals surface area (Å²) in [6, 6.07) is 2.01. The van der Waals surface area contributed by atoms with Crippen LogP contribution in [0.4, 0.5) is 0 Å². The van der Waals surface area contributed by atoms with Gasteiger partial charge in [-0.3, -0.25) is 0 Å². The van der Waals surface area contributed by atoms with Gasteiger partial charge < -0.3 is 10.1 Å². The van der Waals surface area contributed by atoms with E-state index >= 15 is 0 Å². The second kappa shape index (κ2) is 8.41. The summed E-state index contributed by atoms with van der Waals surface area (Å²) in [6.07, 6.45) is 0.982. The molecule has 0 radical (unpaired) electrons. The van der Waals surface area contributed by atoms with Gasteiger partial charge in [0, 0.05) is 13.2 Å². The van der Waals surface area contributed by atoms with Gasteiger partial charge in [-0.25, -0.2) is 0 Å². The first-order valence-corrected chi connectivity index (χ1v) is 3.57. The van der Waals surface area contributed by atoms with Gasteiger partial charge in [0.25, 0.3) is 0 Å². The number of hydrogen-bond donors (Lipinski definition) is 1. The fourth-order valence-corrected chi connectivity index (χ4v) is 0.588. The van der Waals surface area contributed by atoms with Gasteiger partial charge in [0.05, 0.1) is 12.6 Å². The predicted octanol–water partition coefficient (Wildman–Crippen LogP) is 0.526. The maximum Gasteiger partial charge on any atom is 0.0840 e. The van der Waals surface area contributed by atoms with E-state index in [1.807, 2.05) is 13.0 Å². The lowest BCUT2D eigenvalue weighted by Gasteiger charge is -1.99. The van der Waals surface area contributed by atoms with Gasteiger partial charge in [0.15, 0.2) is 0 Å². The van der Waals surface area contributed by atoms with Crippen LogP contribution in [-0.4, -0.2) is 26.3 Å². The van der Waals surface area contributed by atoms with Crippen LogP contribution in [0.25, 0.3) is 0 Å². The van der Waals surface area contributed by atoms with Crippen molar-refractivity contribution in [2.45, 2.75) is 13.3 Å². The lowest BCUT2D eigenvalue weighted by atomic mass is 10.4. The highest BCUT2D eigenvalue weighted by molar-refractivity contribution is 4.72. The van der Waals surface area contributed by atoms with Crippen molar-refractivity contribution in [1.29, 1.82) is 5.26 Å². The minimum Gasteiger partial charge on any atom is -0.382 e. The van der Waals surface area contributed by atoms with E-state index in [2.05, 4.69) is 5.32 Å². The van der Waals surface area contributed by atoms with E-state index in [4.69, 9.17) is 10.00 Å². The topological polar surface area (TPSA) is 45.0 Å². The average molecular weight is 142 g/mol. The molecular formula is C7H14N2O. The summed E-state index contributed by atoms with van der Waals surface area (Å²) >= 11 is 0. The Balaban J connectivity index is 2.72. The standard InChI is InChI=1S/C7H14N2O/c1-2-10-7-3-5-9-6-4-8/h9H,2-3,5-7H2,1H3. The molecule has 0 bridgehead atoms. The largest absolute Gasteiger partial charge is 0.382 e. The first-order valence-electron chi connectivity index (χ1n) is 3.57. The fraction of sp³-hybridized carbons (Fsp3) is 0.857. The molecule has 0 aromatic carbocycles. The van der Waals surface area contributed by atoms with E-state index in [1.54, 1.807) is 0 Å². The van der Waals surface area contributed by atoms with Crippen LogP contribution in [0.2, 0.25) is 0 Å². The molecular weight excluding hydrogens is 128 g/mol. The lowest BCUT2D eigenvalue weighted by Crippen LogP contribution is -2.16. The Morgan fingerprint density at radius 1 is 1.60 bits per heavy atom. The summed E-state index contributed by atoms with van der Waals surface area (Å²) in [6.45, 7) is 4.84. The Kier molecular flexibility index (Phi) is 7.91. The maximum atomic E-state index is 8.13. The van der Waals surface area contributed by atoms with E-state index < -0.39 is 0 Å². The monoisotopic (exact) mass is 142 g/mol. The number of rotatable bonds is 6. The Hall–Kier alpha value is -0.590. The second-order valence-electron chi connectivity index (χ2n) is 1.89. The van der Waals surface area contributed by atoms with Gasteiger partial charge in [-0.05, 0) is 19.9 Å². The molecule has 1 N–H and O–H groups in total. The molecule has 0 aliphatic rings. The highest BCUT2D eigenvalue weighted by atomic mass is 16.5. The van der Waals surface area contributed by atoms with E-state index in [1.165, 1.54) is 0 Å². The van der Waals surface area contributed by atoms with E-state index in [-0.39, 0.29) is 0 Å². The quantitative estimate of drug-likeness (QED) is 0.434. The molecule has 0 rings (SSSR count). The Labute approximate surface area is 62.0 Å². The van der Waals surface area contributed by atoms with Gasteiger partial charge in [-0.1, -0.05) is 0 Å².